The first-order valence-corrected chi connectivity index (χ1v) is 10.6. The quantitative estimate of drug-likeness (QED) is 0.596. The van der Waals surface area contributed by atoms with Crippen molar-refractivity contribution in [3.05, 3.63) is 77.5 Å². The molecule has 2 aliphatic rings. The first-order chi connectivity index (χ1) is 16.0. The number of oxazole rings is 1. The maximum Gasteiger partial charge on any atom is 0.407 e. The lowest BCUT2D eigenvalue weighted by molar-refractivity contribution is -0.146. The van der Waals surface area contributed by atoms with E-state index in [-0.39, 0.29) is 43.6 Å². The van der Waals surface area contributed by atoms with E-state index in [2.05, 4.69) is 22.4 Å². The molecule has 0 spiro atoms. The summed E-state index contributed by atoms with van der Waals surface area (Å²) in [5.41, 5.74) is 4.57. The van der Waals surface area contributed by atoms with Crippen LogP contribution in [0.4, 0.5) is 4.79 Å². The number of aromatic nitrogens is 1. The molecule has 2 heterocycles. The number of hydrogen-bond acceptors (Lipinski definition) is 6. The summed E-state index contributed by atoms with van der Waals surface area (Å²) in [6.45, 7) is 0.348. The molecule has 9 heteroatoms. The second-order valence-corrected chi connectivity index (χ2v) is 8.05. The number of hydrogen-bond donors (Lipinski definition) is 2. The number of fused-ring (bicyclic) bond motifs is 3. The predicted molar refractivity (Wildman–Crippen MR) is 115 cm³/mol. The Morgan fingerprint density at radius 1 is 1.06 bits per heavy atom. The fourth-order valence-electron chi connectivity index (χ4n) is 4.32. The summed E-state index contributed by atoms with van der Waals surface area (Å²) < 4.78 is 10.7. The molecule has 1 aromatic heterocycles. The molecule has 33 heavy (non-hydrogen) atoms. The van der Waals surface area contributed by atoms with Crippen LogP contribution in [0, 0.1) is 5.92 Å². The average Bonchev–Trinajstić information content (AvgIpc) is 3.38. The second-order valence-electron chi connectivity index (χ2n) is 8.05. The normalized spacial score (nSPS) is 14.8. The van der Waals surface area contributed by atoms with Crippen LogP contribution in [-0.4, -0.2) is 52.7 Å². The molecule has 0 saturated carbocycles. The lowest BCUT2D eigenvalue weighted by atomic mass is 9.98. The highest BCUT2D eigenvalue weighted by molar-refractivity contribution is 5.94. The maximum atomic E-state index is 12.5. The maximum absolute atomic E-state index is 12.5. The number of nitrogens with zero attached hydrogens (tertiary/aromatic N) is 2. The molecule has 2 N–H and O–H groups in total. The highest BCUT2D eigenvalue weighted by Gasteiger charge is 2.37. The van der Waals surface area contributed by atoms with Gasteiger partial charge in [-0.2, -0.15) is 0 Å². The Balaban J connectivity index is 1.18. The Morgan fingerprint density at radius 3 is 2.33 bits per heavy atom. The van der Waals surface area contributed by atoms with Crippen molar-refractivity contribution < 1.29 is 28.6 Å². The van der Waals surface area contributed by atoms with E-state index in [4.69, 9.17) is 14.3 Å². The fourth-order valence-corrected chi connectivity index (χ4v) is 4.32. The highest BCUT2D eigenvalue weighted by Crippen LogP contribution is 2.44. The molecule has 0 bridgehead atoms. The van der Waals surface area contributed by atoms with Gasteiger partial charge in [-0.1, -0.05) is 48.5 Å². The zero-order chi connectivity index (χ0) is 22.9. The molecule has 1 fully saturated rings. The molecular formula is C24H21N3O6. The van der Waals surface area contributed by atoms with Crippen LogP contribution in [0.3, 0.4) is 0 Å². The van der Waals surface area contributed by atoms with Crippen LogP contribution in [0.2, 0.25) is 0 Å². The largest absolute Gasteiger partial charge is 0.481 e. The number of rotatable bonds is 6. The minimum Gasteiger partial charge on any atom is -0.481 e. The summed E-state index contributed by atoms with van der Waals surface area (Å²) >= 11 is 0. The number of carboxylic acids is 1. The summed E-state index contributed by atoms with van der Waals surface area (Å²) in [6.07, 6.45) is 0.484. The molecule has 1 aliphatic heterocycles. The van der Waals surface area contributed by atoms with Gasteiger partial charge < -0.3 is 24.5 Å². The van der Waals surface area contributed by atoms with Crippen molar-refractivity contribution in [1.82, 2.24) is 15.2 Å². The molecule has 1 aliphatic carbocycles. The van der Waals surface area contributed by atoms with Gasteiger partial charge in [-0.3, -0.25) is 9.59 Å². The number of carbonyl (C=O) groups is 3. The first kappa shape index (κ1) is 20.7. The number of amides is 2. The molecule has 1 saturated heterocycles. The molecule has 0 radical (unpaired) electrons. The standard InChI is InChI=1S/C24H21N3O6/c28-22(27-10-14(11-27)23(29)30)21-20(33-13-26-21)9-25-24(31)32-12-19-17-7-3-1-5-15(17)16-6-2-4-8-18(16)19/h1-8,13-14,19H,9-12H2,(H,25,31)(H,29,30). The van der Waals surface area contributed by atoms with Crippen molar-refractivity contribution in [1.29, 1.82) is 0 Å². The number of carbonyl (C=O) groups excluding carboxylic acids is 2. The van der Waals surface area contributed by atoms with E-state index in [1.807, 2.05) is 36.4 Å². The van der Waals surface area contributed by atoms with Gasteiger partial charge in [0.1, 0.15) is 6.61 Å². The van der Waals surface area contributed by atoms with Gasteiger partial charge in [0.25, 0.3) is 5.91 Å². The average molecular weight is 447 g/mol. The molecular weight excluding hydrogens is 426 g/mol. The Kier molecular flexibility index (Phi) is 5.29. The monoisotopic (exact) mass is 447 g/mol. The van der Waals surface area contributed by atoms with Gasteiger partial charge in [0.2, 0.25) is 0 Å². The minimum atomic E-state index is -0.934. The van der Waals surface area contributed by atoms with E-state index in [9.17, 15) is 14.4 Å². The Bertz CT molecular complexity index is 1180. The Morgan fingerprint density at radius 2 is 1.70 bits per heavy atom. The van der Waals surface area contributed by atoms with Crippen molar-refractivity contribution in [2.24, 2.45) is 5.92 Å². The van der Waals surface area contributed by atoms with Crippen LogP contribution in [0.15, 0.2) is 59.3 Å². The molecule has 3 aromatic rings. The number of ether oxygens (including phenoxy) is 1. The van der Waals surface area contributed by atoms with Crippen molar-refractivity contribution >= 4 is 18.0 Å². The predicted octanol–water partition coefficient (Wildman–Crippen LogP) is 2.87. The highest BCUT2D eigenvalue weighted by atomic mass is 16.5. The van der Waals surface area contributed by atoms with Crippen molar-refractivity contribution in [2.45, 2.75) is 12.5 Å². The van der Waals surface area contributed by atoms with E-state index in [1.54, 1.807) is 0 Å². The summed E-state index contributed by atoms with van der Waals surface area (Å²) in [7, 11) is 0. The first-order valence-electron chi connectivity index (χ1n) is 10.6. The number of alkyl carbamates (subject to hydrolysis) is 1. The van der Waals surface area contributed by atoms with Gasteiger partial charge in [-0.25, -0.2) is 9.78 Å². The Labute approximate surface area is 189 Å². The van der Waals surface area contributed by atoms with E-state index in [1.165, 1.54) is 4.90 Å². The second kappa shape index (κ2) is 8.42. The van der Waals surface area contributed by atoms with Crippen LogP contribution >= 0.6 is 0 Å². The molecule has 5 rings (SSSR count). The van der Waals surface area contributed by atoms with Crippen LogP contribution in [0.1, 0.15) is 33.3 Å². The number of benzene rings is 2. The molecule has 0 atom stereocenters. The van der Waals surface area contributed by atoms with Crippen LogP contribution in [-0.2, 0) is 16.1 Å². The smallest absolute Gasteiger partial charge is 0.407 e. The van der Waals surface area contributed by atoms with Crippen LogP contribution in [0.5, 0.6) is 0 Å². The minimum absolute atomic E-state index is 0.0535. The lowest BCUT2D eigenvalue weighted by Crippen LogP contribution is -2.53. The third-order valence-corrected chi connectivity index (χ3v) is 6.10. The zero-order valence-electron chi connectivity index (χ0n) is 17.6. The summed E-state index contributed by atoms with van der Waals surface area (Å²) in [4.78, 5) is 41.1. The van der Waals surface area contributed by atoms with Gasteiger partial charge in [0.05, 0.1) is 12.5 Å². The van der Waals surface area contributed by atoms with Crippen molar-refractivity contribution in [3.8, 4) is 11.1 Å². The number of aliphatic carboxylic acids is 1. The van der Waals surface area contributed by atoms with E-state index >= 15 is 0 Å². The SMILES string of the molecule is O=C(NCc1ocnc1C(=O)N1CC(C(=O)O)C1)OCC1c2ccccc2-c2ccccc21. The molecule has 168 valence electrons. The summed E-state index contributed by atoms with van der Waals surface area (Å²) in [5, 5.41) is 11.6. The fraction of sp³-hybridized carbons (Fsp3) is 0.250. The molecule has 0 unspecified atom stereocenters. The van der Waals surface area contributed by atoms with Gasteiger partial charge >= 0.3 is 12.1 Å². The van der Waals surface area contributed by atoms with Gasteiger partial charge in [0.15, 0.2) is 17.8 Å². The van der Waals surface area contributed by atoms with Gasteiger partial charge in [-0.05, 0) is 22.3 Å². The zero-order valence-corrected chi connectivity index (χ0v) is 17.6. The van der Waals surface area contributed by atoms with Crippen molar-refractivity contribution in [3.63, 3.8) is 0 Å². The third kappa shape index (κ3) is 3.82. The number of likely N-dealkylation sites (tertiary alicyclic amines) is 1. The number of nitrogens with one attached hydrogen (secondary N) is 1. The van der Waals surface area contributed by atoms with Gasteiger partial charge in [0, 0.05) is 19.0 Å². The number of carboxylic acid groups (broad SMARTS) is 1. The van der Waals surface area contributed by atoms with Crippen molar-refractivity contribution in [2.75, 3.05) is 19.7 Å². The van der Waals surface area contributed by atoms with E-state index in [0.29, 0.717) is 0 Å². The van der Waals surface area contributed by atoms with Crippen LogP contribution < -0.4 is 5.32 Å². The Hall–Kier alpha value is -4.14. The van der Waals surface area contributed by atoms with Gasteiger partial charge in [-0.15, -0.1) is 0 Å². The third-order valence-electron chi connectivity index (χ3n) is 6.10. The molecule has 2 aromatic carbocycles. The molecule has 9 nitrogen and oxygen atoms in total. The van der Waals surface area contributed by atoms with E-state index in [0.717, 1.165) is 28.6 Å². The molecule has 2 amide bonds. The topological polar surface area (TPSA) is 122 Å². The summed E-state index contributed by atoms with van der Waals surface area (Å²) in [6, 6.07) is 16.1. The summed E-state index contributed by atoms with van der Waals surface area (Å²) in [5.74, 6) is -1.79. The van der Waals surface area contributed by atoms with E-state index < -0.39 is 23.9 Å². The lowest BCUT2D eigenvalue weighted by Gasteiger charge is -2.36. The van der Waals surface area contributed by atoms with Crippen LogP contribution in [0.25, 0.3) is 11.1 Å².